The molecule has 0 bridgehead atoms. The van der Waals surface area contributed by atoms with Crippen LogP contribution in [0.1, 0.15) is 27.7 Å². The molecule has 6 nitrogen and oxygen atoms in total. The van der Waals surface area contributed by atoms with Crippen LogP contribution >= 0.6 is 0 Å². The minimum atomic E-state index is -1.29. The number of rotatable bonds is 2. The Bertz CT molecular complexity index is 346. The van der Waals surface area contributed by atoms with Crippen LogP contribution in [0.2, 0.25) is 0 Å². The fraction of sp³-hybridized carbons (Fsp3) is 0.667. The standard InChI is InChI=1S/C9H14N2O4/c1-5-15-8(12)7-6(2)10(13)9(3,4)11(7)14/h5H2,1-4H3. The van der Waals surface area contributed by atoms with Crippen molar-refractivity contribution in [3.8, 4) is 0 Å². The molecule has 0 N–H and O–H groups in total. The molecule has 0 saturated heterocycles. The van der Waals surface area contributed by atoms with Crippen molar-refractivity contribution in [3.05, 3.63) is 21.5 Å². The second-order valence-corrected chi connectivity index (χ2v) is 3.74. The maximum absolute atomic E-state index is 11.7. The maximum Gasteiger partial charge on any atom is 0.410 e. The van der Waals surface area contributed by atoms with Gasteiger partial charge in [-0.05, 0) is 13.8 Å². The molecule has 15 heavy (non-hydrogen) atoms. The topological polar surface area (TPSA) is 72.7 Å². The predicted octanol–water partition coefficient (Wildman–Crippen LogP) is 1.11. The lowest BCUT2D eigenvalue weighted by atomic mass is 10.2. The normalized spacial score (nSPS) is 19.8. The van der Waals surface area contributed by atoms with E-state index in [1.807, 2.05) is 0 Å². The van der Waals surface area contributed by atoms with Crippen LogP contribution in [0.4, 0.5) is 0 Å². The van der Waals surface area contributed by atoms with E-state index in [1.54, 1.807) is 6.92 Å². The van der Waals surface area contributed by atoms with Gasteiger partial charge in [-0.1, -0.05) is 0 Å². The second kappa shape index (κ2) is 3.62. The van der Waals surface area contributed by atoms with Crippen LogP contribution in [0, 0.1) is 10.1 Å². The summed E-state index contributed by atoms with van der Waals surface area (Å²) in [7, 11) is 0. The van der Waals surface area contributed by atoms with E-state index in [1.165, 1.54) is 20.8 Å². The van der Waals surface area contributed by atoms with E-state index in [0.717, 1.165) is 0 Å². The van der Waals surface area contributed by atoms with E-state index < -0.39 is 11.6 Å². The number of carbonyl (C=O) groups is 1. The Balaban J connectivity index is 3.09. The molecule has 0 aliphatic carbocycles. The van der Waals surface area contributed by atoms with Crippen molar-refractivity contribution in [1.82, 2.24) is 5.06 Å². The number of hydroxylamine groups is 2. The smallest absolute Gasteiger partial charge is 0.410 e. The van der Waals surface area contributed by atoms with Crippen molar-refractivity contribution in [1.29, 1.82) is 0 Å². The molecule has 6 heteroatoms. The van der Waals surface area contributed by atoms with Crippen molar-refractivity contribution in [2.45, 2.75) is 33.4 Å². The number of hydrogen-bond acceptors (Lipinski definition) is 5. The maximum atomic E-state index is 11.7. The summed E-state index contributed by atoms with van der Waals surface area (Å²) >= 11 is 0. The van der Waals surface area contributed by atoms with Crippen molar-refractivity contribution < 1.29 is 14.3 Å². The summed E-state index contributed by atoms with van der Waals surface area (Å²) in [5.74, 6) is -0.753. The highest BCUT2D eigenvalue weighted by Crippen LogP contribution is 2.32. The number of nitrogens with zero attached hydrogens (tertiary/aromatic N) is 2. The van der Waals surface area contributed by atoms with Gasteiger partial charge in [0, 0.05) is 18.8 Å². The lowest BCUT2D eigenvalue weighted by Crippen LogP contribution is -2.41. The Morgan fingerprint density at radius 2 is 2.13 bits per heavy atom. The monoisotopic (exact) mass is 214 g/mol. The molecule has 0 aromatic heterocycles. The first-order valence-electron chi connectivity index (χ1n) is 4.66. The van der Waals surface area contributed by atoms with Crippen LogP contribution in [-0.4, -0.2) is 28.1 Å². The third-order valence-electron chi connectivity index (χ3n) is 2.31. The molecule has 0 atom stereocenters. The first-order chi connectivity index (χ1) is 6.84. The van der Waals surface area contributed by atoms with Crippen LogP contribution < -0.4 is 0 Å². The Hall–Kier alpha value is -1.43. The average Bonchev–Trinajstić information content (AvgIpc) is 2.29. The van der Waals surface area contributed by atoms with Gasteiger partial charge in [0.15, 0.2) is 0 Å². The average molecular weight is 214 g/mol. The zero-order chi connectivity index (χ0) is 11.8. The Labute approximate surface area is 87.7 Å². The van der Waals surface area contributed by atoms with E-state index in [9.17, 15) is 14.9 Å². The molecule has 1 aliphatic heterocycles. The lowest BCUT2D eigenvalue weighted by molar-refractivity contribution is -0.580. The quantitative estimate of drug-likeness (QED) is 0.508. The van der Waals surface area contributed by atoms with Crippen LogP contribution in [0.3, 0.4) is 0 Å². The van der Waals surface area contributed by atoms with Crippen LogP contribution in [-0.2, 0) is 9.53 Å². The molecule has 1 rings (SSSR count). The first kappa shape index (κ1) is 11.6. The number of ether oxygens (including phenoxy) is 1. The fourth-order valence-corrected chi connectivity index (χ4v) is 1.44. The van der Waals surface area contributed by atoms with E-state index in [2.05, 4.69) is 0 Å². The molecule has 0 unspecified atom stereocenters. The van der Waals surface area contributed by atoms with E-state index >= 15 is 0 Å². The summed E-state index contributed by atoms with van der Waals surface area (Å²) in [5.41, 5.74) is -1.41. The van der Waals surface area contributed by atoms with E-state index in [4.69, 9.17) is 4.74 Å². The summed E-state index contributed by atoms with van der Waals surface area (Å²) in [4.78, 5) is 23.1. The van der Waals surface area contributed by atoms with Crippen molar-refractivity contribution >= 4 is 5.97 Å². The Morgan fingerprint density at radius 3 is 2.47 bits per heavy atom. The SMILES string of the molecule is CCOC(=O)C1=C(C)N([O-])C(C)(C)[N+]1=O. The molecule has 0 spiro atoms. The highest BCUT2D eigenvalue weighted by atomic mass is 16.5. The van der Waals surface area contributed by atoms with Gasteiger partial charge in [0.1, 0.15) is 0 Å². The van der Waals surface area contributed by atoms with Crippen LogP contribution in [0.15, 0.2) is 11.4 Å². The molecular formula is C9H14N2O4. The molecular weight excluding hydrogens is 200 g/mol. The Kier molecular flexibility index (Phi) is 2.81. The van der Waals surface area contributed by atoms with Gasteiger partial charge in [-0.2, -0.15) is 0 Å². The van der Waals surface area contributed by atoms with Crippen LogP contribution in [0.5, 0.6) is 0 Å². The summed E-state index contributed by atoms with van der Waals surface area (Å²) in [5, 5.41) is 12.1. The van der Waals surface area contributed by atoms with Crippen molar-refractivity contribution in [3.63, 3.8) is 0 Å². The minimum Gasteiger partial charge on any atom is -0.753 e. The third kappa shape index (κ3) is 1.61. The van der Waals surface area contributed by atoms with Gasteiger partial charge >= 0.3 is 11.7 Å². The number of nitroso groups, excluding NO2 is 1. The van der Waals surface area contributed by atoms with Gasteiger partial charge < -0.3 is 15.0 Å². The number of hydrogen-bond donors (Lipinski definition) is 0. The van der Waals surface area contributed by atoms with Gasteiger partial charge in [-0.25, -0.2) is 4.79 Å². The fourth-order valence-electron chi connectivity index (χ4n) is 1.44. The molecule has 1 aliphatic rings. The van der Waals surface area contributed by atoms with Gasteiger partial charge in [0.25, 0.3) is 5.66 Å². The van der Waals surface area contributed by atoms with Gasteiger partial charge in [-0.15, -0.1) is 0 Å². The van der Waals surface area contributed by atoms with Crippen molar-refractivity contribution in [2.75, 3.05) is 6.61 Å². The van der Waals surface area contributed by atoms with E-state index in [-0.39, 0.29) is 18.0 Å². The number of allylic oxidation sites excluding steroid dienone is 1. The predicted molar refractivity (Wildman–Crippen MR) is 52.2 cm³/mol. The molecule has 0 aromatic rings. The number of carbonyl (C=O) groups excluding carboxylic acids is 1. The van der Waals surface area contributed by atoms with Gasteiger partial charge in [-0.3, -0.25) is 0 Å². The molecule has 0 saturated carbocycles. The summed E-state index contributed by atoms with van der Waals surface area (Å²) in [6, 6.07) is 0. The highest BCUT2D eigenvalue weighted by Gasteiger charge is 2.52. The third-order valence-corrected chi connectivity index (χ3v) is 2.31. The van der Waals surface area contributed by atoms with Gasteiger partial charge in [0.2, 0.25) is 0 Å². The molecule has 0 radical (unpaired) electrons. The zero-order valence-electron chi connectivity index (χ0n) is 9.23. The molecule has 1 heterocycles. The molecule has 0 aromatic carbocycles. The van der Waals surface area contributed by atoms with Crippen LogP contribution in [0.25, 0.3) is 0 Å². The molecule has 84 valence electrons. The summed E-state index contributed by atoms with van der Waals surface area (Å²) in [6.45, 7) is 6.13. The van der Waals surface area contributed by atoms with E-state index in [0.29, 0.717) is 9.82 Å². The largest absolute Gasteiger partial charge is 0.753 e. The second-order valence-electron chi connectivity index (χ2n) is 3.74. The summed E-state index contributed by atoms with van der Waals surface area (Å²) in [6.07, 6.45) is 0. The zero-order valence-corrected chi connectivity index (χ0v) is 9.23. The lowest BCUT2D eigenvalue weighted by Gasteiger charge is -2.31. The van der Waals surface area contributed by atoms with Crippen molar-refractivity contribution in [2.24, 2.45) is 0 Å². The Morgan fingerprint density at radius 1 is 1.60 bits per heavy atom. The van der Waals surface area contributed by atoms with Gasteiger partial charge in [0.05, 0.1) is 17.1 Å². The minimum absolute atomic E-state index is 0.0912. The first-order valence-corrected chi connectivity index (χ1v) is 4.66. The molecule has 0 fully saturated rings. The highest BCUT2D eigenvalue weighted by molar-refractivity contribution is 5.86. The summed E-state index contributed by atoms with van der Waals surface area (Å²) < 4.78 is 5.10. The number of esters is 1. The molecule has 0 amide bonds.